The van der Waals surface area contributed by atoms with Gasteiger partial charge in [-0.2, -0.15) is 0 Å². The Morgan fingerprint density at radius 3 is 2.92 bits per heavy atom. The van der Waals surface area contributed by atoms with E-state index in [1.165, 1.54) is 0 Å². The lowest BCUT2D eigenvalue weighted by atomic mass is 10.0. The summed E-state index contributed by atoms with van der Waals surface area (Å²) in [5.74, 6) is 0. The second-order valence-electron chi connectivity index (χ2n) is 3.64. The summed E-state index contributed by atoms with van der Waals surface area (Å²) in [4.78, 5) is 0. The van der Waals surface area contributed by atoms with E-state index < -0.39 is 0 Å². The monoisotopic (exact) mass is 181 g/mol. The normalized spacial score (nSPS) is 30.6. The fourth-order valence-corrected chi connectivity index (χ4v) is 1.78. The molecule has 0 aromatic carbocycles. The predicted molar refractivity (Wildman–Crippen MR) is 49.2 cm³/mol. The largest absolute Gasteiger partial charge is 0.472 e. The Balaban J connectivity index is 2.02. The van der Waals surface area contributed by atoms with E-state index in [4.69, 9.17) is 14.9 Å². The molecule has 72 valence electrons. The van der Waals surface area contributed by atoms with Crippen LogP contribution in [0.15, 0.2) is 23.0 Å². The molecule has 1 saturated heterocycles. The molecule has 2 rings (SSSR count). The van der Waals surface area contributed by atoms with Crippen molar-refractivity contribution in [1.29, 1.82) is 0 Å². The van der Waals surface area contributed by atoms with Crippen molar-refractivity contribution in [1.82, 2.24) is 0 Å². The number of nitrogens with two attached hydrogens (primary N) is 1. The van der Waals surface area contributed by atoms with Crippen LogP contribution in [0.1, 0.15) is 31.4 Å². The van der Waals surface area contributed by atoms with Crippen LogP contribution < -0.4 is 5.73 Å². The summed E-state index contributed by atoms with van der Waals surface area (Å²) in [6.45, 7) is 2.09. The van der Waals surface area contributed by atoms with Gasteiger partial charge in [0.1, 0.15) is 0 Å². The Labute approximate surface area is 77.9 Å². The van der Waals surface area contributed by atoms with Crippen molar-refractivity contribution < 1.29 is 9.15 Å². The van der Waals surface area contributed by atoms with Crippen molar-refractivity contribution in [2.45, 2.75) is 38.0 Å². The van der Waals surface area contributed by atoms with Crippen molar-refractivity contribution in [2.75, 3.05) is 0 Å². The number of rotatable bonds is 2. The van der Waals surface area contributed by atoms with Crippen LogP contribution >= 0.6 is 0 Å². The van der Waals surface area contributed by atoms with Gasteiger partial charge >= 0.3 is 0 Å². The zero-order valence-corrected chi connectivity index (χ0v) is 7.77. The van der Waals surface area contributed by atoms with E-state index in [0.717, 1.165) is 18.4 Å². The number of ether oxygens (including phenoxy) is 1. The fourth-order valence-electron chi connectivity index (χ4n) is 1.78. The molecular formula is C10H15NO2. The maximum Gasteiger partial charge on any atom is 0.0951 e. The molecule has 0 aliphatic carbocycles. The first kappa shape index (κ1) is 8.78. The fraction of sp³-hybridized carbons (Fsp3) is 0.600. The molecule has 1 aromatic rings. The molecule has 0 radical (unpaired) electrons. The summed E-state index contributed by atoms with van der Waals surface area (Å²) in [6.07, 6.45) is 6.00. The summed E-state index contributed by atoms with van der Waals surface area (Å²) < 4.78 is 10.7. The molecular weight excluding hydrogens is 166 g/mol. The SMILES string of the molecule is CC1CCC(C(N)c2ccoc2)O1. The Kier molecular flexibility index (Phi) is 2.38. The summed E-state index contributed by atoms with van der Waals surface area (Å²) in [5, 5.41) is 0. The van der Waals surface area contributed by atoms with Crippen LogP contribution in [0, 0.1) is 0 Å². The van der Waals surface area contributed by atoms with E-state index in [1.807, 2.05) is 6.07 Å². The van der Waals surface area contributed by atoms with E-state index in [0.29, 0.717) is 6.10 Å². The second-order valence-corrected chi connectivity index (χ2v) is 3.64. The lowest BCUT2D eigenvalue weighted by Crippen LogP contribution is -2.25. The van der Waals surface area contributed by atoms with Gasteiger partial charge in [0.25, 0.3) is 0 Å². The average Bonchev–Trinajstić information content (AvgIpc) is 2.72. The van der Waals surface area contributed by atoms with Crippen LogP contribution in [0.4, 0.5) is 0 Å². The minimum absolute atomic E-state index is 0.0382. The van der Waals surface area contributed by atoms with E-state index in [1.54, 1.807) is 12.5 Å². The van der Waals surface area contributed by atoms with Gasteiger partial charge in [0, 0.05) is 5.56 Å². The van der Waals surface area contributed by atoms with E-state index in [2.05, 4.69) is 6.92 Å². The molecule has 13 heavy (non-hydrogen) atoms. The topological polar surface area (TPSA) is 48.4 Å². The minimum atomic E-state index is -0.0382. The predicted octanol–water partition coefficient (Wildman–Crippen LogP) is 1.85. The van der Waals surface area contributed by atoms with E-state index >= 15 is 0 Å². The third-order valence-corrected chi connectivity index (χ3v) is 2.59. The highest BCUT2D eigenvalue weighted by Crippen LogP contribution is 2.28. The van der Waals surface area contributed by atoms with Crippen molar-refractivity contribution >= 4 is 0 Å². The van der Waals surface area contributed by atoms with Gasteiger partial charge in [-0.05, 0) is 25.8 Å². The highest BCUT2D eigenvalue weighted by molar-refractivity contribution is 5.13. The van der Waals surface area contributed by atoms with Crippen molar-refractivity contribution in [3.05, 3.63) is 24.2 Å². The van der Waals surface area contributed by atoms with E-state index in [-0.39, 0.29) is 12.1 Å². The van der Waals surface area contributed by atoms with Gasteiger partial charge < -0.3 is 14.9 Å². The van der Waals surface area contributed by atoms with Crippen molar-refractivity contribution in [3.8, 4) is 0 Å². The molecule has 0 amide bonds. The molecule has 1 aromatic heterocycles. The van der Waals surface area contributed by atoms with Gasteiger partial charge in [-0.1, -0.05) is 0 Å². The lowest BCUT2D eigenvalue weighted by Gasteiger charge is -2.17. The minimum Gasteiger partial charge on any atom is -0.472 e. The molecule has 3 nitrogen and oxygen atoms in total. The molecule has 3 atom stereocenters. The molecule has 0 bridgehead atoms. The number of furan rings is 1. The first-order valence-electron chi connectivity index (χ1n) is 4.70. The Morgan fingerprint density at radius 1 is 1.54 bits per heavy atom. The summed E-state index contributed by atoms with van der Waals surface area (Å²) in [7, 11) is 0. The van der Waals surface area contributed by atoms with Crippen LogP contribution in [0.2, 0.25) is 0 Å². The Bertz CT molecular complexity index is 258. The molecule has 3 heteroatoms. The quantitative estimate of drug-likeness (QED) is 0.757. The van der Waals surface area contributed by atoms with Gasteiger partial charge in [-0.3, -0.25) is 0 Å². The third-order valence-electron chi connectivity index (χ3n) is 2.59. The summed E-state index contributed by atoms with van der Waals surface area (Å²) in [6, 6.07) is 1.86. The van der Waals surface area contributed by atoms with Crippen LogP contribution in [0.5, 0.6) is 0 Å². The average molecular weight is 181 g/mol. The molecule has 0 saturated carbocycles. The van der Waals surface area contributed by atoms with Gasteiger partial charge in [0.15, 0.2) is 0 Å². The van der Waals surface area contributed by atoms with Gasteiger partial charge in [0.05, 0.1) is 30.8 Å². The zero-order valence-electron chi connectivity index (χ0n) is 7.77. The maximum absolute atomic E-state index is 6.02. The molecule has 3 unspecified atom stereocenters. The standard InChI is InChI=1S/C10H15NO2/c1-7-2-3-9(13-7)10(11)8-4-5-12-6-8/h4-7,9-10H,2-3,11H2,1H3. The highest BCUT2D eigenvalue weighted by Gasteiger charge is 2.28. The lowest BCUT2D eigenvalue weighted by molar-refractivity contribution is 0.0400. The molecule has 2 heterocycles. The summed E-state index contributed by atoms with van der Waals surface area (Å²) >= 11 is 0. The molecule has 0 spiro atoms. The van der Waals surface area contributed by atoms with E-state index in [9.17, 15) is 0 Å². The molecule has 1 aliphatic rings. The van der Waals surface area contributed by atoms with Crippen LogP contribution in [-0.4, -0.2) is 12.2 Å². The van der Waals surface area contributed by atoms with Crippen molar-refractivity contribution in [2.24, 2.45) is 5.73 Å². The third kappa shape index (κ3) is 1.76. The maximum atomic E-state index is 6.02. The van der Waals surface area contributed by atoms with Crippen LogP contribution in [0.3, 0.4) is 0 Å². The Morgan fingerprint density at radius 2 is 2.38 bits per heavy atom. The first-order chi connectivity index (χ1) is 6.27. The van der Waals surface area contributed by atoms with Gasteiger partial charge in [-0.25, -0.2) is 0 Å². The molecule has 2 N–H and O–H groups in total. The zero-order chi connectivity index (χ0) is 9.26. The summed E-state index contributed by atoms with van der Waals surface area (Å²) in [5.41, 5.74) is 7.05. The Hall–Kier alpha value is -0.800. The van der Waals surface area contributed by atoms with Gasteiger partial charge in [-0.15, -0.1) is 0 Å². The second kappa shape index (κ2) is 3.52. The number of hydrogen-bond donors (Lipinski definition) is 1. The molecule has 1 aliphatic heterocycles. The van der Waals surface area contributed by atoms with Crippen molar-refractivity contribution in [3.63, 3.8) is 0 Å². The smallest absolute Gasteiger partial charge is 0.0951 e. The van der Waals surface area contributed by atoms with Gasteiger partial charge in [0.2, 0.25) is 0 Å². The first-order valence-corrected chi connectivity index (χ1v) is 4.70. The van der Waals surface area contributed by atoms with Crippen LogP contribution in [0.25, 0.3) is 0 Å². The number of hydrogen-bond acceptors (Lipinski definition) is 3. The van der Waals surface area contributed by atoms with Crippen LogP contribution in [-0.2, 0) is 4.74 Å². The molecule has 1 fully saturated rings. The highest BCUT2D eigenvalue weighted by atomic mass is 16.5.